The zero-order valence-corrected chi connectivity index (χ0v) is 17.0. The lowest BCUT2D eigenvalue weighted by Crippen LogP contribution is -2.18. The fourth-order valence-electron chi connectivity index (χ4n) is 3.79. The van der Waals surface area contributed by atoms with E-state index in [0.29, 0.717) is 17.3 Å². The van der Waals surface area contributed by atoms with Crippen molar-refractivity contribution in [3.8, 4) is 12.1 Å². The van der Waals surface area contributed by atoms with Crippen LogP contribution in [-0.2, 0) is 18.9 Å². The monoisotopic (exact) mass is 372 g/mol. The number of ketones is 1. The number of nitrogens with zero attached hydrogens (tertiary/aromatic N) is 4. The molecule has 1 unspecified atom stereocenters. The van der Waals surface area contributed by atoms with Crippen LogP contribution in [0.2, 0.25) is 0 Å². The highest BCUT2D eigenvalue weighted by atomic mass is 16.1. The van der Waals surface area contributed by atoms with Gasteiger partial charge in [-0.05, 0) is 68.0 Å². The van der Waals surface area contributed by atoms with Gasteiger partial charge in [-0.3, -0.25) is 4.79 Å². The molecule has 2 aromatic heterocycles. The summed E-state index contributed by atoms with van der Waals surface area (Å²) in [6.07, 6.45) is 5.31. The van der Waals surface area contributed by atoms with Crippen LogP contribution < -0.4 is 0 Å². The average molecular weight is 372 g/mol. The highest BCUT2D eigenvalue weighted by Crippen LogP contribution is 2.33. The van der Waals surface area contributed by atoms with Crippen LogP contribution in [0.1, 0.15) is 53.7 Å². The van der Waals surface area contributed by atoms with Crippen molar-refractivity contribution in [3.05, 3.63) is 57.2 Å². The van der Waals surface area contributed by atoms with Gasteiger partial charge in [0.2, 0.25) is 0 Å². The number of carbonyl (C=O) groups is 1. The van der Waals surface area contributed by atoms with E-state index in [0.717, 1.165) is 46.5 Å². The Morgan fingerprint density at radius 3 is 1.64 bits per heavy atom. The van der Waals surface area contributed by atoms with Crippen molar-refractivity contribution in [2.24, 2.45) is 20.0 Å². The Balaban J connectivity index is 2.02. The second-order valence-corrected chi connectivity index (χ2v) is 7.66. The van der Waals surface area contributed by atoms with Crippen LogP contribution in [0.15, 0.2) is 23.3 Å². The predicted octanol–water partition coefficient (Wildman–Crippen LogP) is 4.19. The molecule has 1 aliphatic carbocycles. The van der Waals surface area contributed by atoms with Gasteiger partial charge in [-0.2, -0.15) is 10.5 Å². The van der Waals surface area contributed by atoms with Gasteiger partial charge in [0, 0.05) is 36.6 Å². The van der Waals surface area contributed by atoms with Gasteiger partial charge >= 0.3 is 0 Å². The number of carbonyl (C=O) groups excluding carboxylic acids is 1. The van der Waals surface area contributed by atoms with Gasteiger partial charge in [-0.1, -0.05) is 6.92 Å². The first kappa shape index (κ1) is 19.5. The second-order valence-electron chi connectivity index (χ2n) is 7.66. The Kier molecular flexibility index (Phi) is 5.12. The fourth-order valence-corrected chi connectivity index (χ4v) is 3.79. The lowest BCUT2D eigenvalue weighted by atomic mass is 9.81. The first-order valence-electron chi connectivity index (χ1n) is 9.35. The second kappa shape index (κ2) is 7.37. The summed E-state index contributed by atoms with van der Waals surface area (Å²) in [6.45, 7) is 6.06. The molecule has 1 aliphatic rings. The van der Waals surface area contributed by atoms with Gasteiger partial charge < -0.3 is 9.13 Å². The molecule has 0 saturated heterocycles. The average Bonchev–Trinajstić information content (AvgIpc) is 3.10. The number of nitriles is 2. The maximum absolute atomic E-state index is 13.1. The molecule has 28 heavy (non-hydrogen) atoms. The summed E-state index contributed by atoms with van der Waals surface area (Å²) in [5, 5.41) is 18.5. The molecule has 1 atom stereocenters. The fraction of sp³-hybridized carbons (Fsp3) is 0.348. The van der Waals surface area contributed by atoms with Gasteiger partial charge in [0.25, 0.3) is 0 Å². The van der Waals surface area contributed by atoms with Crippen LogP contribution in [0, 0.1) is 42.4 Å². The van der Waals surface area contributed by atoms with Crippen molar-refractivity contribution >= 4 is 17.9 Å². The van der Waals surface area contributed by atoms with Crippen LogP contribution in [0.25, 0.3) is 12.2 Å². The van der Waals surface area contributed by atoms with Crippen molar-refractivity contribution in [2.45, 2.75) is 33.6 Å². The van der Waals surface area contributed by atoms with Crippen LogP contribution in [-0.4, -0.2) is 14.9 Å². The van der Waals surface area contributed by atoms with Gasteiger partial charge in [-0.15, -0.1) is 0 Å². The summed E-state index contributed by atoms with van der Waals surface area (Å²) in [7, 11) is 3.72. The molecule has 1 fully saturated rings. The molecule has 0 spiro atoms. The molecule has 0 aliphatic heterocycles. The zero-order valence-electron chi connectivity index (χ0n) is 17.0. The van der Waals surface area contributed by atoms with Crippen molar-refractivity contribution in [1.29, 1.82) is 10.5 Å². The molecule has 5 heteroatoms. The minimum absolute atomic E-state index is 0.0571. The molecular formula is C23H24N4O. The van der Waals surface area contributed by atoms with Crippen LogP contribution in [0.3, 0.4) is 0 Å². The summed E-state index contributed by atoms with van der Waals surface area (Å²) in [4.78, 5) is 13.1. The third kappa shape index (κ3) is 3.32. The molecular weight excluding hydrogens is 348 g/mol. The van der Waals surface area contributed by atoms with Gasteiger partial charge in [0.05, 0.1) is 0 Å². The Labute approximate surface area is 165 Å². The van der Waals surface area contributed by atoms with E-state index < -0.39 is 0 Å². The van der Waals surface area contributed by atoms with Crippen LogP contribution in [0.5, 0.6) is 0 Å². The van der Waals surface area contributed by atoms with E-state index in [1.165, 1.54) is 0 Å². The third-order valence-electron chi connectivity index (χ3n) is 5.76. The standard InChI is InChI=1S/C23H24N4O/c1-14-6-19(8-17-10-21(12-24)26(4)15(17)2)23(28)20(7-14)9-18-11-22(13-25)27(5)16(18)3/h8-11,14H,6-7H2,1-5H3/b19-8-,20-9+. The lowest BCUT2D eigenvalue weighted by Gasteiger charge is -2.22. The van der Waals surface area contributed by atoms with Crippen molar-refractivity contribution in [3.63, 3.8) is 0 Å². The number of rotatable bonds is 2. The number of Topliss-reactive ketones (excluding diaryl/α,β-unsaturated/α-hetero) is 1. The SMILES string of the molecule is Cc1c(/C=C2/CC(C)C/C(=C\c3cc(C#N)n(C)c3C)C2=O)cc(C#N)n1C. The summed E-state index contributed by atoms with van der Waals surface area (Å²) in [6, 6.07) is 8.03. The van der Waals surface area contributed by atoms with Gasteiger partial charge in [0.1, 0.15) is 23.5 Å². The third-order valence-corrected chi connectivity index (χ3v) is 5.76. The quantitative estimate of drug-likeness (QED) is 0.742. The smallest absolute Gasteiger partial charge is 0.185 e. The highest BCUT2D eigenvalue weighted by molar-refractivity contribution is 6.14. The van der Waals surface area contributed by atoms with Crippen LogP contribution in [0.4, 0.5) is 0 Å². The Morgan fingerprint density at radius 2 is 1.32 bits per heavy atom. The lowest BCUT2D eigenvalue weighted by molar-refractivity contribution is -0.113. The Hall–Kier alpha value is -3.31. The van der Waals surface area contributed by atoms with E-state index in [-0.39, 0.29) is 5.78 Å². The molecule has 5 nitrogen and oxygen atoms in total. The minimum atomic E-state index is 0.0571. The minimum Gasteiger partial charge on any atom is -0.339 e. The number of hydrogen-bond donors (Lipinski definition) is 0. The molecule has 2 aromatic rings. The van der Waals surface area contributed by atoms with Crippen molar-refractivity contribution < 1.29 is 4.79 Å². The van der Waals surface area contributed by atoms with E-state index in [2.05, 4.69) is 19.1 Å². The molecule has 0 bridgehead atoms. The summed E-state index contributed by atoms with van der Waals surface area (Å²) < 4.78 is 3.69. The largest absolute Gasteiger partial charge is 0.339 e. The normalized spacial score (nSPS) is 19.8. The summed E-state index contributed by atoms with van der Waals surface area (Å²) >= 11 is 0. The predicted molar refractivity (Wildman–Crippen MR) is 109 cm³/mol. The van der Waals surface area contributed by atoms with E-state index in [4.69, 9.17) is 0 Å². The molecule has 0 amide bonds. The molecule has 0 N–H and O–H groups in total. The Morgan fingerprint density at radius 1 is 0.929 bits per heavy atom. The maximum atomic E-state index is 13.1. The molecule has 2 heterocycles. The first-order valence-corrected chi connectivity index (χ1v) is 9.35. The zero-order chi connectivity index (χ0) is 20.6. The van der Waals surface area contributed by atoms with Crippen LogP contribution >= 0.6 is 0 Å². The summed E-state index contributed by atoms with van der Waals surface area (Å²) in [5.41, 5.74) is 6.49. The van der Waals surface area contributed by atoms with Gasteiger partial charge in [-0.25, -0.2) is 0 Å². The summed E-state index contributed by atoms with van der Waals surface area (Å²) in [5.74, 6) is 0.413. The highest BCUT2D eigenvalue weighted by Gasteiger charge is 2.26. The Bertz CT molecular complexity index is 1020. The topological polar surface area (TPSA) is 74.5 Å². The maximum Gasteiger partial charge on any atom is 0.185 e. The molecule has 3 rings (SSSR count). The number of hydrogen-bond acceptors (Lipinski definition) is 3. The molecule has 0 aromatic carbocycles. The molecule has 142 valence electrons. The first-order chi connectivity index (χ1) is 13.3. The van der Waals surface area contributed by atoms with Crippen molar-refractivity contribution in [2.75, 3.05) is 0 Å². The number of aromatic nitrogens is 2. The van der Waals surface area contributed by atoms with E-state index in [1.54, 1.807) is 0 Å². The number of allylic oxidation sites excluding steroid dienone is 2. The van der Waals surface area contributed by atoms with E-state index >= 15 is 0 Å². The van der Waals surface area contributed by atoms with E-state index in [9.17, 15) is 15.3 Å². The van der Waals surface area contributed by atoms with E-state index in [1.807, 2.05) is 61.4 Å². The van der Waals surface area contributed by atoms with Gasteiger partial charge in [0.15, 0.2) is 5.78 Å². The molecule has 0 radical (unpaired) electrons. The van der Waals surface area contributed by atoms with Crippen molar-refractivity contribution in [1.82, 2.24) is 9.13 Å². The molecule has 1 saturated carbocycles.